The van der Waals surface area contributed by atoms with Crippen molar-refractivity contribution in [3.8, 4) is 0 Å². The van der Waals surface area contributed by atoms with E-state index in [4.69, 9.17) is 5.11 Å². The molecule has 86 valence electrons. The molecule has 0 aromatic heterocycles. The van der Waals surface area contributed by atoms with E-state index in [1.54, 1.807) is 6.92 Å². The number of rotatable bonds is 4. The number of hydrogen-bond donors (Lipinski definition) is 2. The van der Waals surface area contributed by atoms with Crippen LogP contribution >= 0.6 is 0 Å². The summed E-state index contributed by atoms with van der Waals surface area (Å²) in [5.41, 5.74) is 0.111. The van der Waals surface area contributed by atoms with Gasteiger partial charge in [0.1, 0.15) is 11.9 Å². The Bertz CT molecular complexity index is 406. The van der Waals surface area contributed by atoms with Crippen molar-refractivity contribution in [2.24, 2.45) is 0 Å². The fourth-order valence-corrected chi connectivity index (χ4v) is 1.21. The predicted molar refractivity (Wildman–Crippen MR) is 55.6 cm³/mol. The normalized spacial score (nSPS) is 11.9. The predicted octanol–water partition coefficient (Wildman–Crippen LogP) is 1.42. The van der Waals surface area contributed by atoms with Crippen LogP contribution in [0, 0.1) is 5.82 Å². The van der Waals surface area contributed by atoms with Crippen molar-refractivity contribution in [3.05, 3.63) is 35.6 Å². The standard InChI is InChI=1S/C11H12FNO3/c1-2-9(11(15)16)13-10(14)7-4-3-5-8(12)6-7/h3-6,9H,2H2,1H3,(H,13,14)(H,15,16)/t9-/m1/s1. The first kappa shape index (κ1) is 12.2. The van der Waals surface area contributed by atoms with Crippen LogP contribution in [0.1, 0.15) is 23.7 Å². The van der Waals surface area contributed by atoms with E-state index < -0.39 is 23.7 Å². The highest BCUT2D eigenvalue weighted by molar-refractivity contribution is 5.96. The number of carboxylic acids is 1. The van der Waals surface area contributed by atoms with Crippen molar-refractivity contribution in [1.82, 2.24) is 5.32 Å². The van der Waals surface area contributed by atoms with Crippen LogP contribution in [0.25, 0.3) is 0 Å². The van der Waals surface area contributed by atoms with Gasteiger partial charge in [0.05, 0.1) is 0 Å². The van der Waals surface area contributed by atoms with Crippen molar-refractivity contribution in [3.63, 3.8) is 0 Å². The Balaban J connectivity index is 2.75. The van der Waals surface area contributed by atoms with Crippen molar-refractivity contribution >= 4 is 11.9 Å². The number of halogens is 1. The fourth-order valence-electron chi connectivity index (χ4n) is 1.21. The molecular weight excluding hydrogens is 213 g/mol. The second-order valence-corrected chi connectivity index (χ2v) is 3.28. The molecule has 16 heavy (non-hydrogen) atoms. The van der Waals surface area contributed by atoms with E-state index in [2.05, 4.69) is 5.32 Å². The topological polar surface area (TPSA) is 66.4 Å². The van der Waals surface area contributed by atoms with Gasteiger partial charge in [-0.2, -0.15) is 0 Å². The second-order valence-electron chi connectivity index (χ2n) is 3.28. The SMILES string of the molecule is CC[C@@H](NC(=O)c1cccc(F)c1)C(=O)O. The smallest absolute Gasteiger partial charge is 0.326 e. The van der Waals surface area contributed by atoms with Gasteiger partial charge >= 0.3 is 5.97 Å². The van der Waals surface area contributed by atoms with Crippen LogP contribution in [-0.2, 0) is 4.79 Å². The molecule has 0 heterocycles. The third-order valence-electron chi connectivity index (χ3n) is 2.10. The Kier molecular flexibility index (Phi) is 3.99. The van der Waals surface area contributed by atoms with Crippen LogP contribution in [0.2, 0.25) is 0 Å². The van der Waals surface area contributed by atoms with E-state index in [0.717, 1.165) is 6.07 Å². The molecule has 1 rings (SSSR count). The molecule has 1 aromatic carbocycles. The molecule has 1 amide bonds. The van der Waals surface area contributed by atoms with Crippen LogP contribution in [0.5, 0.6) is 0 Å². The first-order valence-electron chi connectivity index (χ1n) is 4.83. The summed E-state index contributed by atoms with van der Waals surface area (Å²) in [7, 11) is 0. The third-order valence-corrected chi connectivity index (χ3v) is 2.10. The molecule has 0 saturated heterocycles. The summed E-state index contributed by atoms with van der Waals surface area (Å²) in [4.78, 5) is 22.2. The van der Waals surface area contributed by atoms with Gasteiger partial charge in [-0.1, -0.05) is 13.0 Å². The van der Waals surface area contributed by atoms with E-state index in [9.17, 15) is 14.0 Å². The fraction of sp³-hybridized carbons (Fsp3) is 0.273. The van der Waals surface area contributed by atoms with Gasteiger partial charge in [0.25, 0.3) is 5.91 Å². The first-order chi connectivity index (χ1) is 7.54. The molecule has 0 aliphatic rings. The van der Waals surface area contributed by atoms with E-state index in [1.165, 1.54) is 18.2 Å². The molecule has 1 atom stereocenters. The number of nitrogens with one attached hydrogen (secondary N) is 1. The zero-order valence-corrected chi connectivity index (χ0v) is 8.74. The molecule has 0 aliphatic heterocycles. The Morgan fingerprint density at radius 3 is 2.69 bits per heavy atom. The molecule has 0 saturated carbocycles. The van der Waals surface area contributed by atoms with Gasteiger partial charge in [0.2, 0.25) is 0 Å². The molecule has 1 aromatic rings. The minimum atomic E-state index is -1.10. The minimum Gasteiger partial charge on any atom is -0.480 e. The molecule has 4 nitrogen and oxygen atoms in total. The summed E-state index contributed by atoms with van der Waals surface area (Å²) < 4.78 is 12.8. The summed E-state index contributed by atoms with van der Waals surface area (Å²) in [6.07, 6.45) is 0.274. The Morgan fingerprint density at radius 2 is 2.19 bits per heavy atom. The summed E-state index contributed by atoms with van der Waals surface area (Å²) in [5.74, 6) is -2.22. The van der Waals surface area contributed by atoms with Crippen LogP contribution in [0.3, 0.4) is 0 Å². The Morgan fingerprint density at radius 1 is 1.50 bits per heavy atom. The van der Waals surface area contributed by atoms with Gasteiger partial charge in [-0.05, 0) is 24.6 Å². The quantitative estimate of drug-likeness (QED) is 0.814. The Labute approximate surface area is 92.1 Å². The molecule has 2 N–H and O–H groups in total. The number of amides is 1. The summed E-state index contributed by atoms with van der Waals surface area (Å²) >= 11 is 0. The first-order valence-corrected chi connectivity index (χ1v) is 4.83. The lowest BCUT2D eigenvalue weighted by Gasteiger charge is -2.11. The van der Waals surface area contributed by atoms with Crippen LogP contribution < -0.4 is 5.32 Å². The van der Waals surface area contributed by atoms with E-state index >= 15 is 0 Å². The highest BCUT2D eigenvalue weighted by atomic mass is 19.1. The number of carbonyl (C=O) groups excluding carboxylic acids is 1. The molecule has 0 fully saturated rings. The van der Waals surface area contributed by atoms with Crippen LogP contribution in [0.4, 0.5) is 4.39 Å². The Hall–Kier alpha value is -1.91. The van der Waals surface area contributed by atoms with Crippen LogP contribution in [-0.4, -0.2) is 23.0 Å². The number of carboxylic acid groups (broad SMARTS) is 1. The molecule has 0 aliphatic carbocycles. The van der Waals surface area contributed by atoms with Crippen LogP contribution in [0.15, 0.2) is 24.3 Å². The summed E-state index contributed by atoms with van der Waals surface area (Å²) in [6, 6.07) is 4.14. The average Bonchev–Trinajstić information content (AvgIpc) is 2.25. The maximum atomic E-state index is 12.8. The van der Waals surface area contributed by atoms with Crippen molar-refractivity contribution in [2.45, 2.75) is 19.4 Å². The molecular formula is C11H12FNO3. The lowest BCUT2D eigenvalue weighted by atomic mass is 10.1. The van der Waals surface area contributed by atoms with Gasteiger partial charge in [0.15, 0.2) is 0 Å². The number of hydrogen-bond acceptors (Lipinski definition) is 2. The maximum Gasteiger partial charge on any atom is 0.326 e. The molecule has 0 bridgehead atoms. The van der Waals surface area contributed by atoms with Crippen molar-refractivity contribution in [2.75, 3.05) is 0 Å². The van der Waals surface area contributed by atoms with Crippen molar-refractivity contribution < 1.29 is 19.1 Å². The van der Waals surface area contributed by atoms with Gasteiger partial charge in [-0.25, -0.2) is 9.18 Å². The van der Waals surface area contributed by atoms with E-state index in [-0.39, 0.29) is 12.0 Å². The highest BCUT2D eigenvalue weighted by Gasteiger charge is 2.18. The highest BCUT2D eigenvalue weighted by Crippen LogP contribution is 2.04. The zero-order chi connectivity index (χ0) is 12.1. The maximum absolute atomic E-state index is 12.8. The number of benzene rings is 1. The molecule has 0 spiro atoms. The lowest BCUT2D eigenvalue weighted by molar-refractivity contribution is -0.139. The van der Waals surface area contributed by atoms with E-state index in [1.807, 2.05) is 0 Å². The van der Waals surface area contributed by atoms with Gasteiger partial charge in [-0.15, -0.1) is 0 Å². The molecule has 5 heteroatoms. The molecule has 0 radical (unpaired) electrons. The van der Waals surface area contributed by atoms with Gasteiger partial charge in [-0.3, -0.25) is 4.79 Å². The lowest BCUT2D eigenvalue weighted by Crippen LogP contribution is -2.40. The second kappa shape index (κ2) is 5.25. The summed E-state index contributed by atoms with van der Waals surface area (Å²) in [5, 5.41) is 11.0. The minimum absolute atomic E-state index is 0.111. The zero-order valence-electron chi connectivity index (χ0n) is 8.74. The largest absolute Gasteiger partial charge is 0.480 e. The number of carbonyl (C=O) groups is 2. The van der Waals surface area contributed by atoms with Gasteiger partial charge in [0, 0.05) is 5.56 Å². The van der Waals surface area contributed by atoms with Crippen molar-refractivity contribution in [1.29, 1.82) is 0 Å². The molecule has 0 unspecified atom stereocenters. The number of aliphatic carboxylic acids is 1. The third kappa shape index (κ3) is 3.05. The summed E-state index contributed by atoms with van der Waals surface area (Å²) in [6.45, 7) is 1.64. The van der Waals surface area contributed by atoms with Gasteiger partial charge < -0.3 is 10.4 Å². The monoisotopic (exact) mass is 225 g/mol. The average molecular weight is 225 g/mol. The van der Waals surface area contributed by atoms with E-state index in [0.29, 0.717) is 0 Å².